The molecule has 1 rings (SSSR count). The van der Waals surface area contributed by atoms with Gasteiger partial charge in [0.05, 0.1) is 5.56 Å². The number of carboxylic acids is 1. The summed E-state index contributed by atoms with van der Waals surface area (Å²) in [5.74, 6) is -1.86. The van der Waals surface area contributed by atoms with Crippen LogP contribution in [0.15, 0.2) is 30.4 Å². The van der Waals surface area contributed by atoms with E-state index in [9.17, 15) is 14.0 Å². The first kappa shape index (κ1) is 12.9. The van der Waals surface area contributed by atoms with Gasteiger partial charge in [0.2, 0.25) is 0 Å². The van der Waals surface area contributed by atoms with Gasteiger partial charge >= 0.3 is 5.97 Å². The molecule has 0 aliphatic carbocycles. The summed E-state index contributed by atoms with van der Waals surface area (Å²) in [6.07, 6.45) is 2.22. The molecule has 1 aromatic carbocycles. The van der Waals surface area contributed by atoms with Gasteiger partial charge in [-0.15, -0.1) is 0 Å². The zero-order valence-corrected chi connectivity index (χ0v) is 9.14. The van der Waals surface area contributed by atoms with Crippen LogP contribution in [0.3, 0.4) is 0 Å². The van der Waals surface area contributed by atoms with Crippen LogP contribution in [-0.4, -0.2) is 23.5 Å². The quantitative estimate of drug-likeness (QED) is 0.629. The highest BCUT2D eigenvalue weighted by Crippen LogP contribution is 2.17. The van der Waals surface area contributed by atoms with Crippen molar-refractivity contribution in [3.8, 4) is 5.75 Å². The molecule has 0 fully saturated rings. The summed E-state index contributed by atoms with van der Waals surface area (Å²) in [7, 11) is 0. The van der Waals surface area contributed by atoms with Crippen molar-refractivity contribution in [1.82, 2.24) is 0 Å². The van der Waals surface area contributed by atoms with Crippen LogP contribution in [0.1, 0.15) is 17.3 Å². The molecular formula is C12H11FO4. The van der Waals surface area contributed by atoms with Crippen LogP contribution in [0, 0.1) is 5.82 Å². The first-order valence-electron chi connectivity index (χ1n) is 4.83. The summed E-state index contributed by atoms with van der Waals surface area (Å²) >= 11 is 0. The normalized spacial score (nSPS) is 10.5. The van der Waals surface area contributed by atoms with Gasteiger partial charge in [-0.3, -0.25) is 4.79 Å². The maximum absolute atomic E-state index is 13.3. The Labute approximate surface area is 97.3 Å². The Balaban J connectivity index is 2.65. The Kier molecular flexibility index (Phi) is 4.39. The van der Waals surface area contributed by atoms with E-state index in [0.29, 0.717) is 0 Å². The molecule has 0 aliphatic rings. The van der Waals surface area contributed by atoms with E-state index in [2.05, 4.69) is 0 Å². The summed E-state index contributed by atoms with van der Waals surface area (Å²) in [4.78, 5) is 21.1. The Morgan fingerprint density at radius 1 is 1.47 bits per heavy atom. The Hall–Kier alpha value is -2.17. The molecule has 0 aromatic heterocycles. The topological polar surface area (TPSA) is 63.6 Å². The van der Waals surface area contributed by atoms with E-state index < -0.39 is 11.8 Å². The third kappa shape index (κ3) is 4.06. The first-order chi connectivity index (χ1) is 8.00. The molecule has 5 heteroatoms. The zero-order chi connectivity index (χ0) is 12.8. The van der Waals surface area contributed by atoms with Crippen LogP contribution in [0.25, 0.3) is 0 Å². The fourth-order valence-electron chi connectivity index (χ4n) is 1.16. The number of rotatable bonds is 5. The van der Waals surface area contributed by atoms with Gasteiger partial charge in [-0.2, -0.15) is 0 Å². The number of hydrogen-bond acceptors (Lipinski definition) is 3. The number of Topliss-reactive ketones (excluding diaryl/α,β-unsaturated/α-hetero) is 1. The second-order valence-corrected chi connectivity index (χ2v) is 3.25. The predicted octanol–water partition coefficient (Wildman–Crippen LogP) is 2.05. The molecule has 0 unspecified atom stereocenters. The van der Waals surface area contributed by atoms with Crippen LogP contribution < -0.4 is 4.74 Å². The minimum Gasteiger partial charge on any atom is -0.489 e. The van der Waals surface area contributed by atoms with E-state index in [1.165, 1.54) is 25.1 Å². The van der Waals surface area contributed by atoms with E-state index in [4.69, 9.17) is 9.84 Å². The number of halogens is 1. The molecule has 0 saturated heterocycles. The van der Waals surface area contributed by atoms with E-state index >= 15 is 0 Å². The summed E-state index contributed by atoms with van der Waals surface area (Å²) in [5, 5.41) is 8.31. The summed E-state index contributed by atoms with van der Waals surface area (Å²) in [5.41, 5.74) is -0.00146. The number of hydrogen-bond donors (Lipinski definition) is 1. The lowest BCUT2D eigenvalue weighted by atomic mass is 10.1. The van der Waals surface area contributed by atoms with Crippen molar-refractivity contribution in [1.29, 1.82) is 0 Å². The SMILES string of the molecule is CC(=O)c1ccc(OC/C=C/C(=O)O)cc1F. The molecule has 4 nitrogen and oxygen atoms in total. The highest BCUT2D eigenvalue weighted by Gasteiger charge is 2.07. The van der Waals surface area contributed by atoms with Gasteiger partial charge in [-0.1, -0.05) is 0 Å². The van der Waals surface area contributed by atoms with Gasteiger partial charge in [-0.25, -0.2) is 9.18 Å². The van der Waals surface area contributed by atoms with E-state index in [-0.39, 0.29) is 23.7 Å². The van der Waals surface area contributed by atoms with Gasteiger partial charge in [0.15, 0.2) is 5.78 Å². The number of carboxylic acid groups (broad SMARTS) is 1. The highest BCUT2D eigenvalue weighted by molar-refractivity contribution is 5.94. The average molecular weight is 238 g/mol. The number of ketones is 1. The van der Waals surface area contributed by atoms with Crippen LogP contribution in [0.4, 0.5) is 4.39 Å². The molecule has 17 heavy (non-hydrogen) atoms. The monoisotopic (exact) mass is 238 g/mol. The molecule has 0 aliphatic heterocycles. The largest absolute Gasteiger partial charge is 0.489 e. The van der Waals surface area contributed by atoms with Gasteiger partial charge in [-0.05, 0) is 25.1 Å². The van der Waals surface area contributed by atoms with Crippen molar-refractivity contribution in [2.45, 2.75) is 6.92 Å². The lowest BCUT2D eigenvalue weighted by molar-refractivity contribution is -0.131. The minimum atomic E-state index is -1.08. The van der Waals surface area contributed by atoms with E-state index in [0.717, 1.165) is 12.1 Å². The van der Waals surface area contributed by atoms with Gasteiger partial charge in [0, 0.05) is 12.1 Å². The second-order valence-electron chi connectivity index (χ2n) is 3.25. The molecule has 0 radical (unpaired) electrons. The van der Waals surface area contributed by atoms with Crippen molar-refractivity contribution in [3.05, 3.63) is 41.7 Å². The van der Waals surface area contributed by atoms with Crippen LogP contribution in [0.5, 0.6) is 5.75 Å². The minimum absolute atomic E-state index is 0.00146. The number of carbonyl (C=O) groups is 2. The maximum Gasteiger partial charge on any atom is 0.328 e. The second kappa shape index (κ2) is 5.79. The van der Waals surface area contributed by atoms with Crippen molar-refractivity contribution < 1.29 is 23.8 Å². The molecule has 0 heterocycles. The lowest BCUT2D eigenvalue weighted by Gasteiger charge is -2.04. The van der Waals surface area contributed by atoms with Crippen LogP contribution >= 0.6 is 0 Å². The summed E-state index contributed by atoms with van der Waals surface area (Å²) < 4.78 is 18.4. The standard InChI is InChI=1S/C12H11FO4/c1-8(14)10-5-4-9(7-11(10)13)17-6-2-3-12(15)16/h2-5,7H,6H2,1H3,(H,15,16)/b3-2+. The summed E-state index contributed by atoms with van der Waals surface area (Å²) in [6.45, 7) is 1.29. The molecule has 90 valence electrons. The Morgan fingerprint density at radius 2 is 2.18 bits per heavy atom. The maximum atomic E-state index is 13.3. The van der Waals surface area contributed by atoms with Crippen molar-refractivity contribution in [2.75, 3.05) is 6.61 Å². The number of ether oxygens (including phenoxy) is 1. The number of aliphatic carboxylic acids is 1. The molecule has 0 spiro atoms. The van der Waals surface area contributed by atoms with E-state index in [1.807, 2.05) is 0 Å². The van der Waals surface area contributed by atoms with Crippen molar-refractivity contribution in [3.63, 3.8) is 0 Å². The summed E-state index contributed by atoms with van der Waals surface area (Å²) in [6, 6.07) is 3.87. The average Bonchev–Trinajstić information content (AvgIpc) is 2.23. The molecule has 1 N–H and O–H groups in total. The number of carbonyl (C=O) groups excluding carboxylic acids is 1. The third-order valence-electron chi connectivity index (χ3n) is 1.93. The van der Waals surface area contributed by atoms with E-state index in [1.54, 1.807) is 0 Å². The van der Waals surface area contributed by atoms with Crippen LogP contribution in [0.2, 0.25) is 0 Å². The molecule has 0 saturated carbocycles. The smallest absolute Gasteiger partial charge is 0.328 e. The van der Waals surface area contributed by atoms with Crippen LogP contribution in [-0.2, 0) is 4.79 Å². The van der Waals surface area contributed by atoms with Gasteiger partial charge in [0.25, 0.3) is 0 Å². The highest BCUT2D eigenvalue weighted by atomic mass is 19.1. The molecule has 0 amide bonds. The fraction of sp³-hybridized carbons (Fsp3) is 0.167. The van der Waals surface area contributed by atoms with Gasteiger partial charge in [0.1, 0.15) is 18.2 Å². The Bertz CT molecular complexity index is 466. The zero-order valence-electron chi connectivity index (χ0n) is 9.14. The van der Waals surface area contributed by atoms with Crippen molar-refractivity contribution in [2.24, 2.45) is 0 Å². The van der Waals surface area contributed by atoms with Gasteiger partial charge < -0.3 is 9.84 Å². The predicted molar refractivity (Wildman–Crippen MR) is 58.7 cm³/mol. The van der Waals surface area contributed by atoms with Crippen molar-refractivity contribution >= 4 is 11.8 Å². The molecule has 1 aromatic rings. The first-order valence-corrected chi connectivity index (χ1v) is 4.83. The molecule has 0 atom stereocenters. The molecule has 0 bridgehead atoms. The number of benzene rings is 1. The molecular weight excluding hydrogens is 227 g/mol. The fourth-order valence-corrected chi connectivity index (χ4v) is 1.16. The Morgan fingerprint density at radius 3 is 2.71 bits per heavy atom. The third-order valence-corrected chi connectivity index (χ3v) is 1.93. The lowest BCUT2D eigenvalue weighted by Crippen LogP contribution is -2.00.